The molecule has 1 N–H and O–H groups in total. The van der Waals surface area contributed by atoms with E-state index in [-0.39, 0.29) is 18.0 Å². The van der Waals surface area contributed by atoms with Gasteiger partial charge < -0.3 is 5.11 Å². The van der Waals surface area contributed by atoms with E-state index in [0.717, 1.165) is 5.56 Å². The van der Waals surface area contributed by atoms with Crippen LogP contribution >= 0.6 is 0 Å². The van der Waals surface area contributed by atoms with Crippen LogP contribution in [0.4, 0.5) is 0 Å². The zero-order valence-electron chi connectivity index (χ0n) is 10.3. The highest BCUT2D eigenvalue weighted by Crippen LogP contribution is 2.01. The van der Waals surface area contributed by atoms with E-state index in [1.54, 1.807) is 0 Å². The minimum atomic E-state index is -0.742. The van der Waals surface area contributed by atoms with Gasteiger partial charge in [0.2, 0.25) is 0 Å². The van der Waals surface area contributed by atoms with Crippen LogP contribution in [-0.4, -0.2) is 22.6 Å². The highest BCUT2D eigenvalue weighted by Gasteiger charge is 1.98. The molecule has 0 atom stereocenters. The number of carbonyl (C=O) groups excluding carboxylic acids is 2. The number of allylic oxidation sites excluding steroid dienone is 4. The van der Waals surface area contributed by atoms with Gasteiger partial charge in [0.15, 0.2) is 11.6 Å². The maximum absolute atomic E-state index is 10.3. The van der Waals surface area contributed by atoms with Gasteiger partial charge in [0.1, 0.15) is 0 Å². The Morgan fingerprint density at radius 2 is 1.37 bits per heavy atom. The topological polar surface area (TPSA) is 71.4 Å². The fourth-order valence-corrected chi connectivity index (χ4v) is 1.34. The van der Waals surface area contributed by atoms with Crippen molar-refractivity contribution in [3.8, 4) is 0 Å². The van der Waals surface area contributed by atoms with Gasteiger partial charge in [-0.15, -0.1) is 0 Å². The lowest BCUT2D eigenvalue weighted by Gasteiger charge is -1.95. The number of hydrogen-bond donors (Lipinski definition) is 1. The number of benzene rings is 1. The fourth-order valence-electron chi connectivity index (χ4n) is 1.34. The van der Waals surface area contributed by atoms with E-state index in [1.807, 2.05) is 30.3 Å². The van der Waals surface area contributed by atoms with Crippen LogP contribution in [0.2, 0.25) is 0 Å². The highest BCUT2D eigenvalue weighted by atomic mass is 16.4. The second-order valence-electron chi connectivity index (χ2n) is 3.85. The predicted molar refractivity (Wildman–Crippen MR) is 70.7 cm³/mol. The molecule has 4 nitrogen and oxygen atoms in total. The third-order valence-corrected chi connectivity index (χ3v) is 2.29. The van der Waals surface area contributed by atoms with Crippen molar-refractivity contribution in [1.82, 2.24) is 0 Å². The normalized spacial score (nSPS) is 12.8. The van der Waals surface area contributed by atoms with Crippen molar-refractivity contribution in [2.24, 2.45) is 0 Å². The van der Waals surface area contributed by atoms with E-state index in [4.69, 9.17) is 5.11 Å². The van der Waals surface area contributed by atoms with Gasteiger partial charge in [0.25, 0.3) is 0 Å². The molecule has 0 amide bonds. The average molecular weight is 258 g/mol. The SMILES string of the molecule is O=C(O)CCc1ccccc1.O=C1C=CC(=O)C=C1. The molecular formula is C15H14O4. The summed E-state index contributed by atoms with van der Waals surface area (Å²) >= 11 is 0. The van der Waals surface area contributed by atoms with Crippen molar-refractivity contribution >= 4 is 17.5 Å². The van der Waals surface area contributed by atoms with E-state index in [2.05, 4.69) is 0 Å². The summed E-state index contributed by atoms with van der Waals surface area (Å²) in [5, 5.41) is 8.37. The monoisotopic (exact) mass is 258 g/mol. The number of aliphatic carboxylic acids is 1. The zero-order chi connectivity index (χ0) is 14.1. The van der Waals surface area contributed by atoms with Crippen LogP contribution in [0.25, 0.3) is 0 Å². The Morgan fingerprint density at radius 1 is 0.895 bits per heavy atom. The summed E-state index contributed by atoms with van der Waals surface area (Å²) < 4.78 is 0. The van der Waals surface area contributed by atoms with E-state index in [0.29, 0.717) is 6.42 Å². The average Bonchev–Trinajstić information content (AvgIpc) is 2.42. The Bertz CT molecular complexity index is 474. The van der Waals surface area contributed by atoms with Crippen molar-refractivity contribution in [2.75, 3.05) is 0 Å². The lowest BCUT2D eigenvalue weighted by atomic mass is 10.1. The number of carbonyl (C=O) groups is 3. The minimum Gasteiger partial charge on any atom is -0.481 e. The van der Waals surface area contributed by atoms with Gasteiger partial charge in [-0.2, -0.15) is 0 Å². The Kier molecular flexibility index (Phi) is 5.95. The molecule has 98 valence electrons. The van der Waals surface area contributed by atoms with Crippen LogP contribution in [0.3, 0.4) is 0 Å². The summed E-state index contributed by atoms with van der Waals surface area (Å²) in [4.78, 5) is 30.7. The van der Waals surface area contributed by atoms with E-state index >= 15 is 0 Å². The van der Waals surface area contributed by atoms with Crippen molar-refractivity contribution in [3.63, 3.8) is 0 Å². The molecule has 0 heterocycles. The van der Waals surface area contributed by atoms with E-state index < -0.39 is 5.97 Å². The third kappa shape index (κ3) is 6.73. The summed E-state index contributed by atoms with van der Waals surface area (Å²) in [7, 11) is 0. The zero-order valence-corrected chi connectivity index (χ0v) is 10.3. The molecular weight excluding hydrogens is 244 g/mol. The molecule has 0 spiro atoms. The smallest absolute Gasteiger partial charge is 0.303 e. The van der Waals surface area contributed by atoms with Crippen LogP contribution in [0, 0.1) is 0 Å². The molecule has 19 heavy (non-hydrogen) atoms. The molecule has 1 aliphatic rings. The Morgan fingerprint density at radius 3 is 1.79 bits per heavy atom. The first-order chi connectivity index (χ1) is 9.08. The molecule has 0 bridgehead atoms. The number of ketones is 2. The quantitative estimate of drug-likeness (QED) is 0.841. The van der Waals surface area contributed by atoms with Crippen molar-refractivity contribution in [1.29, 1.82) is 0 Å². The summed E-state index contributed by atoms with van der Waals surface area (Å²) in [6.07, 6.45) is 5.84. The van der Waals surface area contributed by atoms with Gasteiger partial charge in [0.05, 0.1) is 0 Å². The Balaban J connectivity index is 0.000000200. The van der Waals surface area contributed by atoms with Gasteiger partial charge in [-0.1, -0.05) is 30.3 Å². The van der Waals surface area contributed by atoms with Gasteiger partial charge in [-0.25, -0.2) is 0 Å². The van der Waals surface area contributed by atoms with Crippen molar-refractivity contribution in [3.05, 3.63) is 60.2 Å². The van der Waals surface area contributed by atoms with Gasteiger partial charge in [-0.05, 0) is 36.3 Å². The number of rotatable bonds is 3. The predicted octanol–water partition coefficient (Wildman–Crippen LogP) is 1.95. The molecule has 1 aromatic carbocycles. The van der Waals surface area contributed by atoms with Crippen LogP contribution in [-0.2, 0) is 20.8 Å². The summed E-state index contributed by atoms with van der Waals surface area (Å²) in [5.74, 6) is -0.983. The molecule has 0 fully saturated rings. The maximum atomic E-state index is 10.3. The van der Waals surface area contributed by atoms with Gasteiger partial charge in [0, 0.05) is 6.42 Å². The molecule has 1 aromatic rings. The number of carboxylic acids is 1. The van der Waals surface area contributed by atoms with Gasteiger partial charge >= 0.3 is 5.97 Å². The molecule has 0 unspecified atom stereocenters. The van der Waals surface area contributed by atoms with Crippen molar-refractivity contribution in [2.45, 2.75) is 12.8 Å². The number of carboxylic acid groups (broad SMARTS) is 1. The van der Waals surface area contributed by atoms with Crippen LogP contribution in [0.15, 0.2) is 54.6 Å². The second-order valence-corrected chi connectivity index (χ2v) is 3.85. The van der Waals surface area contributed by atoms with Crippen molar-refractivity contribution < 1.29 is 19.5 Å². The summed E-state index contributed by atoms with van der Waals surface area (Å²) in [6.45, 7) is 0. The molecule has 4 heteroatoms. The summed E-state index contributed by atoms with van der Waals surface area (Å²) in [6, 6.07) is 9.62. The first-order valence-corrected chi connectivity index (χ1v) is 5.78. The standard InChI is InChI=1S/C9H10O2.C6H4O2/c10-9(11)7-6-8-4-2-1-3-5-8;7-5-1-2-6(8)4-3-5/h1-5H,6-7H2,(H,10,11);1-4H. The molecule has 2 rings (SSSR count). The molecule has 0 radical (unpaired) electrons. The van der Waals surface area contributed by atoms with Crippen LogP contribution in [0.5, 0.6) is 0 Å². The molecule has 0 aliphatic heterocycles. The van der Waals surface area contributed by atoms with E-state index in [9.17, 15) is 14.4 Å². The Labute approximate surface area is 111 Å². The number of hydrogen-bond acceptors (Lipinski definition) is 3. The largest absolute Gasteiger partial charge is 0.481 e. The lowest BCUT2D eigenvalue weighted by Crippen LogP contribution is -1.97. The third-order valence-electron chi connectivity index (χ3n) is 2.29. The molecule has 1 aliphatic carbocycles. The maximum Gasteiger partial charge on any atom is 0.303 e. The number of aryl methyl sites for hydroxylation is 1. The second kappa shape index (κ2) is 7.76. The van der Waals surface area contributed by atoms with E-state index in [1.165, 1.54) is 24.3 Å². The lowest BCUT2D eigenvalue weighted by molar-refractivity contribution is -0.137. The van der Waals surface area contributed by atoms with Gasteiger partial charge in [-0.3, -0.25) is 14.4 Å². The van der Waals surface area contributed by atoms with Crippen LogP contribution < -0.4 is 0 Å². The first kappa shape index (κ1) is 14.6. The highest BCUT2D eigenvalue weighted by molar-refractivity contribution is 6.14. The summed E-state index contributed by atoms with van der Waals surface area (Å²) in [5.41, 5.74) is 1.08. The fraction of sp³-hybridized carbons (Fsp3) is 0.133. The molecule has 0 aromatic heterocycles. The molecule has 0 saturated heterocycles. The minimum absolute atomic E-state index is 0.121. The Hall–Kier alpha value is -2.49. The first-order valence-electron chi connectivity index (χ1n) is 5.78. The van der Waals surface area contributed by atoms with Crippen LogP contribution in [0.1, 0.15) is 12.0 Å². The molecule has 0 saturated carbocycles.